The maximum absolute atomic E-state index is 5.39. The van der Waals surface area contributed by atoms with Gasteiger partial charge in [0.1, 0.15) is 5.75 Å². The van der Waals surface area contributed by atoms with Crippen LogP contribution in [0.3, 0.4) is 0 Å². The molecule has 0 aliphatic rings. The van der Waals surface area contributed by atoms with E-state index in [2.05, 4.69) is 41.5 Å². The SMILES string of the molecule is COc1c(C)c(C)c(CCON)c(C)c1Br. The Morgan fingerprint density at radius 1 is 1.12 bits per heavy atom. The molecule has 0 saturated heterocycles. The molecular weight excluding hydrogens is 270 g/mol. The van der Waals surface area contributed by atoms with Crippen LogP contribution in [0.15, 0.2) is 4.47 Å². The molecule has 0 atom stereocenters. The number of nitrogens with two attached hydrogens (primary N) is 1. The number of hydrogen-bond donors (Lipinski definition) is 1. The van der Waals surface area contributed by atoms with E-state index in [0.717, 1.165) is 22.2 Å². The Bertz CT molecular complexity index is 362. The maximum Gasteiger partial charge on any atom is 0.136 e. The molecule has 0 unspecified atom stereocenters. The Labute approximate surface area is 105 Å². The molecule has 0 spiro atoms. The number of halogens is 1. The first-order valence-electron chi connectivity index (χ1n) is 5.18. The van der Waals surface area contributed by atoms with Crippen LogP contribution in [-0.2, 0) is 11.3 Å². The molecule has 0 aliphatic heterocycles. The molecule has 90 valence electrons. The van der Waals surface area contributed by atoms with Gasteiger partial charge in [-0.25, -0.2) is 5.90 Å². The molecule has 0 radical (unpaired) electrons. The summed E-state index contributed by atoms with van der Waals surface area (Å²) in [6, 6.07) is 0. The molecule has 0 heterocycles. The minimum absolute atomic E-state index is 0.528. The van der Waals surface area contributed by atoms with E-state index in [-0.39, 0.29) is 0 Å². The molecule has 0 saturated carbocycles. The van der Waals surface area contributed by atoms with E-state index in [4.69, 9.17) is 10.6 Å². The van der Waals surface area contributed by atoms with Crippen LogP contribution in [-0.4, -0.2) is 13.7 Å². The van der Waals surface area contributed by atoms with Crippen LogP contribution in [0.25, 0.3) is 0 Å². The van der Waals surface area contributed by atoms with Crippen molar-refractivity contribution in [3.05, 3.63) is 26.7 Å². The highest BCUT2D eigenvalue weighted by molar-refractivity contribution is 9.10. The Kier molecular flexibility index (Phi) is 4.77. The number of benzene rings is 1. The summed E-state index contributed by atoms with van der Waals surface area (Å²) >= 11 is 3.57. The van der Waals surface area contributed by atoms with Gasteiger partial charge in [-0.15, -0.1) is 0 Å². The first kappa shape index (κ1) is 13.5. The van der Waals surface area contributed by atoms with Gasteiger partial charge in [-0.2, -0.15) is 0 Å². The average molecular weight is 288 g/mol. The van der Waals surface area contributed by atoms with Crippen molar-refractivity contribution in [3.8, 4) is 5.75 Å². The van der Waals surface area contributed by atoms with Gasteiger partial charge in [-0.3, -0.25) is 0 Å². The van der Waals surface area contributed by atoms with Crippen LogP contribution in [0.5, 0.6) is 5.75 Å². The van der Waals surface area contributed by atoms with Gasteiger partial charge < -0.3 is 9.57 Å². The zero-order valence-electron chi connectivity index (χ0n) is 10.2. The van der Waals surface area contributed by atoms with Crippen LogP contribution >= 0.6 is 15.9 Å². The van der Waals surface area contributed by atoms with Crippen molar-refractivity contribution in [3.63, 3.8) is 0 Å². The molecule has 1 aromatic carbocycles. The molecule has 4 heteroatoms. The second kappa shape index (κ2) is 5.66. The summed E-state index contributed by atoms with van der Waals surface area (Å²) in [7, 11) is 1.69. The van der Waals surface area contributed by atoms with Crippen LogP contribution in [0.2, 0.25) is 0 Å². The number of hydrogen-bond acceptors (Lipinski definition) is 3. The van der Waals surface area contributed by atoms with Crippen molar-refractivity contribution < 1.29 is 9.57 Å². The summed E-state index contributed by atoms with van der Waals surface area (Å²) in [5, 5.41) is 0. The first-order valence-corrected chi connectivity index (χ1v) is 5.97. The fraction of sp³-hybridized carbons (Fsp3) is 0.500. The Hall–Kier alpha value is -0.580. The molecule has 2 N–H and O–H groups in total. The van der Waals surface area contributed by atoms with Crippen LogP contribution < -0.4 is 10.6 Å². The normalized spacial score (nSPS) is 10.6. The number of rotatable bonds is 4. The van der Waals surface area contributed by atoms with Gasteiger partial charge in [0, 0.05) is 0 Å². The Morgan fingerprint density at radius 2 is 1.75 bits per heavy atom. The quantitative estimate of drug-likeness (QED) is 0.866. The fourth-order valence-electron chi connectivity index (χ4n) is 1.92. The maximum atomic E-state index is 5.39. The Balaban J connectivity index is 3.29. The van der Waals surface area contributed by atoms with Crippen molar-refractivity contribution >= 4 is 15.9 Å². The lowest BCUT2D eigenvalue weighted by atomic mass is 9.95. The highest BCUT2D eigenvalue weighted by atomic mass is 79.9. The van der Waals surface area contributed by atoms with Gasteiger partial charge in [0.15, 0.2) is 0 Å². The van der Waals surface area contributed by atoms with E-state index >= 15 is 0 Å². The van der Waals surface area contributed by atoms with Crippen molar-refractivity contribution in [2.75, 3.05) is 13.7 Å². The van der Waals surface area contributed by atoms with Gasteiger partial charge in [0.05, 0.1) is 18.2 Å². The van der Waals surface area contributed by atoms with E-state index in [1.54, 1.807) is 7.11 Å². The minimum Gasteiger partial charge on any atom is -0.495 e. The summed E-state index contributed by atoms with van der Waals surface area (Å²) < 4.78 is 6.41. The lowest BCUT2D eigenvalue weighted by molar-refractivity contribution is 0.141. The monoisotopic (exact) mass is 287 g/mol. The number of methoxy groups -OCH3 is 1. The van der Waals surface area contributed by atoms with Crippen molar-refractivity contribution in [1.82, 2.24) is 0 Å². The smallest absolute Gasteiger partial charge is 0.136 e. The second-order valence-electron chi connectivity index (χ2n) is 3.82. The van der Waals surface area contributed by atoms with Gasteiger partial charge >= 0.3 is 0 Å². The molecule has 0 bridgehead atoms. The average Bonchev–Trinajstić information content (AvgIpc) is 2.27. The van der Waals surface area contributed by atoms with Crippen molar-refractivity contribution in [2.24, 2.45) is 5.90 Å². The van der Waals surface area contributed by atoms with Crippen LogP contribution in [0.4, 0.5) is 0 Å². The predicted molar refractivity (Wildman–Crippen MR) is 68.7 cm³/mol. The summed E-state index contributed by atoms with van der Waals surface area (Å²) in [4.78, 5) is 4.65. The number of ether oxygens (including phenoxy) is 1. The largest absolute Gasteiger partial charge is 0.495 e. The molecule has 0 fully saturated rings. The minimum atomic E-state index is 0.528. The third-order valence-electron chi connectivity index (χ3n) is 3.01. The van der Waals surface area contributed by atoms with E-state index in [1.165, 1.54) is 16.7 Å². The molecule has 0 amide bonds. The van der Waals surface area contributed by atoms with Crippen LogP contribution in [0.1, 0.15) is 22.3 Å². The third kappa shape index (κ3) is 2.39. The van der Waals surface area contributed by atoms with E-state index in [9.17, 15) is 0 Å². The lowest BCUT2D eigenvalue weighted by Crippen LogP contribution is -2.08. The molecule has 0 aliphatic carbocycles. The van der Waals surface area contributed by atoms with Gasteiger partial charge in [-0.1, -0.05) is 0 Å². The van der Waals surface area contributed by atoms with Crippen molar-refractivity contribution in [2.45, 2.75) is 27.2 Å². The van der Waals surface area contributed by atoms with Crippen molar-refractivity contribution in [1.29, 1.82) is 0 Å². The zero-order valence-corrected chi connectivity index (χ0v) is 11.8. The summed E-state index contributed by atoms with van der Waals surface area (Å²) in [6.45, 7) is 6.76. The van der Waals surface area contributed by atoms with Gasteiger partial charge in [0.25, 0.3) is 0 Å². The third-order valence-corrected chi connectivity index (χ3v) is 3.97. The molecule has 0 aromatic heterocycles. The summed E-state index contributed by atoms with van der Waals surface area (Å²) in [5.74, 6) is 5.98. The molecule has 1 rings (SSSR count). The Morgan fingerprint density at radius 3 is 2.25 bits per heavy atom. The van der Waals surface area contributed by atoms with E-state index < -0.39 is 0 Å². The standard InChI is InChI=1S/C12H18BrNO2/c1-7-8(2)12(15-4)11(13)9(3)10(7)5-6-16-14/h5-6,14H2,1-4H3. The van der Waals surface area contributed by atoms with Gasteiger partial charge in [0.2, 0.25) is 0 Å². The first-order chi connectivity index (χ1) is 7.54. The molecular formula is C12H18BrNO2. The molecule has 16 heavy (non-hydrogen) atoms. The van der Waals surface area contributed by atoms with E-state index in [0.29, 0.717) is 6.61 Å². The van der Waals surface area contributed by atoms with Crippen LogP contribution in [0, 0.1) is 20.8 Å². The van der Waals surface area contributed by atoms with E-state index in [1.807, 2.05) is 0 Å². The summed E-state index contributed by atoms with van der Waals surface area (Å²) in [5.41, 5.74) is 4.87. The highest BCUT2D eigenvalue weighted by Gasteiger charge is 2.15. The van der Waals surface area contributed by atoms with Gasteiger partial charge in [-0.05, 0) is 65.4 Å². The fourth-order valence-corrected chi connectivity index (χ4v) is 2.62. The summed E-state index contributed by atoms with van der Waals surface area (Å²) in [6.07, 6.45) is 0.817. The predicted octanol–water partition coefficient (Wildman–Crippen LogP) is 2.82. The lowest BCUT2D eigenvalue weighted by Gasteiger charge is -2.18. The zero-order chi connectivity index (χ0) is 12.3. The molecule has 1 aromatic rings. The second-order valence-corrected chi connectivity index (χ2v) is 4.61. The topological polar surface area (TPSA) is 44.5 Å². The highest BCUT2D eigenvalue weighted by Crippen LogP contribution is 2.37. The molecule has 3 nitrogen and oxygen atoms in total.